The lowest BCUT2D eigenvalue weighted by atomic mass is 9.96. The number of hydrogen-bond donors (Lipinski definition) is 1. The molecule has 0 fully saturated rings. The molecule has 0 bridgehead atoms. The second-order valence-corrected chi connectivity index (χ2v) is 4.86. The Morgan fingerprint density at radius 2 is 2.00 bits per heavy atom. The van der Waals surface area contributed by atoms with Gasteiger partial charge in [-0.25, -0.2) is 4.57 Å². The first kappa shape index (κ1) is 8.53. The van der Waals surface area contributed by atoms with Gasteiger partial charge in [-0.2, -0.15) is 0 Å². The molecule has 0 saturated heterocycles. The van der Waals surface area contributed by atoms with Crippen molar-refractivity contribution in [3.05, 3.63) is 11.1 Å². The van der Waals surface area contributed by atoms with E-state index in [1.54, 1.807) is 11.3 Å². The van der Waals surface area contributed by atoms with Gasteiger partial charge in [0, 0.05) is 5.41 Å². The minimum atomic E-state index is 0.222. The van der Waals surface area contributed by atoms with Crippen LogP contribution in [0, 0.1) is 0 Å². The molecule has 0 unspecified atom stereocenters. The maximum atomic E-state index is 5.72. The van der Waals surface area contributed by atoms with E-state index in [0.29, 0.717) is 0 Å². The SMILES string of the molecule is C[n+]1cc(C(C)(C)C)sc1N. The normalized spacial score (nSPS) is 12.0. The van der Waals surface area contributed by atoms with Crippen molar-refractivity contribution < 1.29 is 4.57 Å². The van der Waals surface area contributed by atoms with E-state index in [1.165, 1.54) is 4.88 Å². The van der Waals surface area contributed by atoms with E-state index in [2.05, 4.69) is 27.0 Å². The summed E-state index contributed by atoms with van der Waals surface area (Å²) in [5.74, 6) is 0. The number of hydrogen-bond acceptors (Lipinski definition) is 2. The highest BCUT2D eigenvalue weighted by atomic mass is 32.1. The Balaban J connectivity index is 3.08. The standard InChI is InChI=1S/C8H14N2S/c1-8(2,3)6-5-10(4)7(9)11-6/h5,9H,1-4H3/p+1. The molecule has 62 valence electrons. The van der Waals surface area contributed by atoms with Crippen molar-refractivity contribution in [3.63, 3.8) is 0 Å². The maximum Gasteiger partial charge on any atom is 0.331 e. The topological polar surface area (TPSA) is 29.9 Å². The van der Waals surface area contributed by atoms with E-state index in [0.717, 1.165) is 5.13 Å². The minimum absolute atomic E-state index is 0.222. The van der Waals surface area contributed by atoms with Crippen LogP contribution in [-0.2, 0) is 12.5 Å². The predicted molar refractivity (Wildman–Crippen MR) is 48.6 cm³/mol. The molecule has 0 amide bonds. The van der Waals surface area contributed by atoms with Crippen LogP contribution in [-0.4, -0.2) is 0 Å². The summed E-state index contributed by atoms with van der Waals surface area (Å²) < 4.78 is 1.96. The van der Waals surface area contributed by atoms with Gasteiger partial charge < -0.3 is 0 Å². The molecular weight excluding hydrogens is 156 g/mol. The van der Waals surface area contributed by atoms with Crippen LogP contribution in [0.4, 0.5) is 5.13 Å². The lowest BCUT2D eigenvalue weighted by molar-refractivity contribution is -0.652. The Morgan fingerprint density at radius 1 is 1.45 bits per heavy atom. The van der Waals surface area contributed by atoms with E-state index in [-0.39, 0.29) is 5.41 Å². The monoisotopic (exact) mass is 171 g/mol. The average molecular weight is 171 g/mol. The zero-order chi connectivity index (χ0) is 8.65. The van der Waals surface area contributed by atoms with Crippen molar-refractivity contribution in [1.29, 1.82) is 0 Å². The number of nitrogen functional groups attached to an aromatic ring is 1. The van der Waals surface area contributed by atoms with Gasteiger partial charge in [0.15, 0.2) is 0 Å². The van der Waals surface area contributed by atoms with Crippen molar-refractivity contribution in [1.82, 2.24) is 0 Å². The lowest BCUT2D eigenvalue weighted by Gasteiger charge is -2.13. The van der Waals surface area contributed by atoms with Crippen LogP contribution >= 0.6 is 11.3 Å². The van der Waals surface area contributed by atoms with E-state index >= 15 is 0 Å². The number of aryl methyl sites for hydroxylation is 1. The van der Waals surface area contributed by atoms with Crippen LogP contribution in [0.3, 0.4) is 0 Å². The first-order valence-electron chi connectivity index (χ1n) is 3.66. The predicted octanol–water partition coefficient (Wildman–Crippen LogP) is 1.45. The third kappa shape index (κ3) is 1.71. The quantitative estimate of drug-likeness (QED) is 0.588. The molecule has 0 aliphatic rings. The van der Waals surface area contributed by atoms with Gasteiger partial charge in [-0.3, -0.25) is 5.73 Å². The molecular formula is C8H15N2S+. The van der Waals surface area contributed by atoms with E-state index in [9.17, 15) is 0 Å². The molecule has 11 heavy (non-hydrogen) atoms. The zero-order valence-electron chi connectivity index (χ0n) is 7.51. The molecule has 1 heterocycles. The molecule has 0 spiro atoms. The smallest absolute Gasteiger partial charge is 0.278 e. The summed E-state index contributed by atoms with van der Waals surface area (Å²) in [7, 11) is 1.97. The minimum Gasteiger partial charge on any atom is -0.278 e. The number of thiazole rings is 1. The van der Waals surface area contributed by atoms with E-state index in [1.807, 2.05) is 11.6 Å². The summed E-state index contributed by atoms with van der Waals surface area (Å²) in [6, 6.07) is 0. The number of anilines is 1. The Bertz CT molecular complexity index is 238. The first-order chi connectivity index (χ1) is 4.91. The fourth-order valence-electron chi connectivity index (χ4n) is 0.797. The van der Waals surface area contributed by atoms with Crippen LogP contribution < -0.4 is 10.3 Å². The third-order valence-corrected chi connectivity index (χ3v) is 3.05. The van der Waals surface area contributed by atoms with Crippen molar-refractivity contribution in [2.45, 2.75) is 26.2 Å². The molecule has 1 aromatic heterocycles. The van der Waals surface area contributed by atoms with Crippen molar-refractivity contribution in [2.24, 2.45) is 7.05 Å². The van der Waals surface area contributed by atoms with Gasteiger partial charge in [0.05, 0.1) is 11.9 Å². The van der Waals surface area contributed by atoms with Crippen LogP contribution in [0.2, 0.25) is 0 Å². The van der Waals surface area contributed by atoms with Crippen molar-refractivity contribution >= 4 is 16.5 Å². The lowest BCUT2D eigenvalue weighted by Crippen LogP contribution is -2.28. The molecule has 0 aliphatic carbocycles. The molecule has 0 saturated carbocycles. The molecule has 1 rings (SSSR count). The molecule has 2 N–H and O–H groups in total. The largest absolute Gasteiger partial charge is 0.331 e. The van der Waals surface area contributed by atoms with Crippen LogP contribution in [0.5, 0.6) is 0 Å². The fraction of sp³-hybridized carbons (Fsp3) is 0.625. The summed E-state index contributed by atoms with van der Waals surface area (Å²) in [5.41, 5.74) is 5.94. The van der Waals surface area contributed by atoms with Gasteiger partial charge in [-0.1, -0.05) is 32.1 Å². The molecule has 0 radical (unpaired) electrons. The summed E-state index contributed by atoms with van der Waals surface area (Å²) in [6.45, 7) is 6.58. The van der Waals surface area contributed by atoms with E-state index in [4.69, 9.17) is 5.73 Å². The second-order valence-electron chi connectivity index (χ2n) is 3.79. The average Bonchev–Trinajstić information content (AvgIpc) is 2.11. The zero-order valence-corrected chi connectivity index (χ0v) is 8.33. The van der Waals surface area contributed by atoms with Crippen LogP contribution in [0.1, 0.15) is 25.6 Å². The number of nitrogens with two attached hydrogens (primary N) is 1. The molecule has 1 aromatic rings. The van der Waals surface area contributed by atoms with Crippen LogP contribution in [0.15, 0.2) is 6.20 Å². The Labute approximate surface area is 71.7 Å². The number of rotatable bonds is 0. The van der Waals surface area contributed by atoms with Gasteiger partial charge in [-0.05, 0) is 0 Å². The maximum absolute atomic E-state index is 5.72. The summed E-state index contributed by atoms with van der Waals surface area (Å²) in [4.78, 5) is 1.33. The van der Waals surface area contributed by atoms with E-state index < -0.39 is 0 Å². The van der Waals surface area contributed by atoms with Crippen molar-refractivity contribution in [3.8, 4) is 0 Å². The molecule has 2 nitrogen and oxygen atoms in total. The molecule has 0 aliphatic heterocycles. The highest BCUT2D eigenvalue weighted by Gasteiger charge is 2.20. The molecule has 0 atom stereocenters. The Morgan fingerprint density at radius 3 is 2.18 bits per heavy atom. The Kier molecular flexibility index (Phi) is 1.92. The first-order valence-corrected chi connectivity index (χ1v) is 4.48. The third-order valence-electron chi connectivity index (χ3n) is 1.61. The van der Waals surface area contributed by atoms with Gasteiger partial charge in [0.25, 0.3) is 0 Å². The number of nitrogens with zero attached hydrogens (tertiary/aromatic N) is 1. The van der Waals surface area contributed by atoms with Gasteiger partial charge in [0.1, 0.15) is 6.20 Å². The summed E-state index contributed by atoms with van der Waals surface area (Å²) in [6.07, 6.45) is 2.10. The molecule has 0 aromatic carbocycles. The summed E-state index contributed by atoms with van der Waals surface area (Å²) in [5, 5.41) is 0.870. The molecule has 3 heteroatoms. The summed E-state index contributed by atoms with van der Waals surface area (Å²) >= 11 is 1.66. The van der Waals surface area contributed by atoms with Gasteiger partial charge in [0.2, 0.25) is 0 Å². The van der Waals surface area contributed by atoms with Gasteiger partial charge >= 0.3 is 5.13 Å². The van der Waals surface area contributed by atoms with Crippen LogP contribution in [0.25, 0.3) is 0 Å². The second kappa shape index (κ2) is 2.48. The van der Waals surface area contributed by atoms with Crippen molar-refractivity contribution in [2.75, 3.05) is 5.73 Å². The van der Waals surface area contributed by atoms with Gasteiger partial charge in [-0.15, -0.1) is 0 Å². The highest BCUT2D eigenvalue weighted by Crippen LogP contribution is 2.27. The Hall–Kier alpha value is -0.570. The highest BCUT2D eigenvalue weighted by molar-refractivity contribution is 7.15. The fourth-order valence-corrected chi connectivity index (χ4v) is 1.74. The number of aromatic nitrogens is 1.